The van der Waals surface area contributed by atoms with E-state index in [-0.39, 0.29) is 28.7 Å². The van der Waals surface area contributed by atoms with Crippen LogP contribution in [0, 0.1) is 6.92 Å². The second kappa shape index (κ2) is 8.01. The summed E-state index contributed by atoms with van der Waals surface area (Å²) in [5.74, 6) is 0.589. The Labute approximate surface area is 164 Å². The molecule has 1 N–H and O–H groups in total. The number of nitrogens with zero attached hydrogens (tertiary/aromatic N) is 4. The van der Waals surface area contributed by atoms with Gasteiger partial charge in [0.25, 0.3) is 0 Å². The van der Waals surface area contributed by atoms with Crippen LogP contribution in [0.2, 0.25) is 5.02 Å². The molecule has 0 fully saturated rings. The molecule has 10 heteroatoms. The predicted octanol–water partition coefficient (Wildman–Crippen LogP) is 2.91. The Kier molecular flexibility index (Phi) is 5.71. The number of hydrogen-bond acceptors (Lipinski definition) is 8. The highest BCUT2D eigenvalue weighted by molar-refractivity contribution is 7.99. The molecule has 27 heavy (non-hydrogen) atoms. The van der Waals surface area contributed by atoms with E-state index in [1.165, 1.54) is 24.9 Å². The lowest BCUT2D eigenvalue weighted by atomic mass is 10.1. The van der Waals surface area contributed by atoms with Gasteiger partial charge in [-0.2, -0.15) is 9.78 Å². The van der Waals surface area contributed by atoms with Gasteiger partial charge in [0.1, 0.15) is 0 Å². The van der Waals surface area contributed by atoms with E-state index in [1.54, 1.807) is 30.7 Å². The monoisotopic (exact) mass is 408 g/mol. The maximum Gasteiger partial charge on any atom is 0.340 e. The van der Waals surface area contributed by atoms with Gasteiger partial charge in [-0.25, -0.2) is 4.79 Å². The van der Waals surface area contributed by atoms with Crippen molar-refractivity contribution in [3.8, 4) is 11.5 Å². The number of hydrogen-bond donors (Lipinski definition) is 1. The van der Waals surface area contributed by atoms with Crippen LogP contribution in [0.1, 0.15) is 18.3 Å². The Balaban J connectivity index is 2.09. The van der Waals surface area contributed by atoms with E-state index in [1.807, 2.05) is 0 Å². The molecule has 2 heterocycles. The molecule has 1 aromatic heterocycles. The standard InChI is InChI=1S/C17H17ClN4O4S/c1-4-26-16(24)11(5-10-6-12(18)15(23)14(7-10)25-3)13-8-27-17-20-19-9(2)22(17)21-13/h5-7,23H,4,8H2,1-3H3/b11-5-. The van der Waals surface area contributed by atoms with Crippen LogP contribution < -0.4 is 4.74 Å². The summed E-state index contributed by atoms with van der Waals surface area (Å²) in [5.41, 5.74) is 1.38. The van der Waals surface area contributed by atoms with Crippen molar-refractivity contribution in [2.45, 2.75) is 19.0 Å². The van der Waals surface area contributed by atoms with Crippen LogP contribution in [0.4, 0.5) is 0 Å². The van der Waals surface area contributed by atoms with Crippen LogP contribution in [0.5, 0.6) is 11.5 Å². The van der Waals surface area contributed by atoms with Gasteiger partial charge in [0, 0.05) is 5.75 Å². The van der Waals surface area contributed by atoms with Crippen molar-refractivity contribution < 1.29 is 19.4 Å². The Morgan fingerprint density at radius 2 is 2.22 bits per heavy atom. The number of phenols is 1. The van der Waals surface area contributed by atoms with Crippen LogP contribution in [0.25, 0.3) is 6.08 Å². The summed E-state index contributed by atoms with van der Waals surface area (Å²) >= 11 is 7.47. The number of thioether (sulfide) groups is 1. The predicted molar refractivity (Wildman–Crippen MR) is 103 cm³/mol. The molecule has 0 radical (unpaired) electrons. The van der Waals surface area contributed by atoms with Gasteiger partial charge in [-0.15, -0.1) is 10.2 Å². The van der Waals surface area contributed by atoms with E-state index >= 15 is 0 Å². The highest BCUT2D eigenvalue weighted by Crippen LogP contribution is 2.36. The highest BCUT2D eigenvalue weighted by atomic mass is 35.5. The molecular formula is C17H17ClN4O4S. The lowest BCUT2D eigenvalue weighted by Crippen LogP contribution is -2.21. The molecule has 0 saturated carbocycles. The van der Waals surface area contributed by atoms with E-state index in [2.05, 4.69) is 15.3 Å². The van der Waals surface area contributed by atoms with Gasteiger partial charge >= 0.3 is 5.97 Å². The van der Waals surface area contributed by atoms with Crippen molar-refractivity contribution in [2.75, 3.05) is 19.5 Å². The fourth-order valence-electron chi connectivity index (χ4n) is 2.43. The minimum Gasteiger partial charge on any atom is -0.503 e. The van der Waals surface area contributed by atoms with Crippen LogP contribution in [-0.4, -0.2) is 51.1 Å². The Hall–Kier alpha value is -2.52. The smallest absolute Gasteiger partial charge is 0.340 e. The molecule has 0 amide bonds. The highest BCUT2D eigenvalue weighted by Gasteiger charge is 2.24. The first-order chi connectivity index (χ1) is 12.9. The normalized spacial score (nSPS) is 13.8. The SMILES string of the molecule is CCOC(=O)/C(=C\c1cc(Cl)c(O)c(OC)c1)C1=Nn2c(C)nnc2SC1. The molecule has 0 spiro atoms. The van der Waals surface area contributed by atoms with Gasteiger partial charge in [0.15, 0.2) is 17.3 Å². The van der Waals surface area contributed by atoms with Crippen molar-refractivity contribution >= 4 is 41.1 Å². The van der Waals surface area contributed by atoms with Crippen LogP contribution in [0.3, 0.4) is 0 Å². The zero-order valence-electron chi connectivity index (χ0n) is 14.9. The van der Waals surface area contributed by atoms with E-state index in [9.17, 15) is 9.90 Å². The quantitative estimate of drug-likeness (QED) is 0.599. The van der Waals surface area contributed by atoms with Crippen molar-refractivity contribution in [3.63, 3.8) is 0 Å². The number of rotatable bonds is 5. The number of benzene rings is 1. The summed E-state index contributed by atoms with van der Waals surface area (Å²) in [6.45, 7) is 3.74. The molecule has 8 nitrogen and oxygen atoms in total. The van der Waals surface area contributed by atoms with Gasteiger partial charge in [0.05, 0.1) is 30.0 Å². The van der Waals surface area contributed by atoms with Crippen molar-refractivity contribution in [3.05, 3.63) is 34.1 Å². The number of aryl methyl sites for hydroxylation is 1. The van der Waals surface area contributed by atoms with Crippen LogP contribution in [0.15, 0.2) is 28.0 Å². The molecule has 3 rings (SSSR count). The molecule has 1 aromatic carbocycles. The molecule has 0 bridgehead atoms. The third-order valence-corrected chi connectivity index (χ3v) is 4.93. The number of carbonyl (C=O) groups is 1. The Morgan fingerprint density at radius 3 is 2.93 bits per heavy atom. The molecule has 142 valence electrons. The fourth-order valence-corrected chi connectivity index (χ4v) is 3.52. The van der Waals surface area contributed by atoms with Crippen LogP contribution in [-0.2, 0) is 9.53 Å². The van der Waals surface area contributed by atoms with E-state index in [4.69, 9.17) is 21.1 Å². The molecule has 2 aromatic rings. The number of ether oxygens (including phenoxy) is 2. The Morgan fingerprint density at radius 1 is 1.44 bits per heavy atom. The summed E-state index contributed by atoms with van der Waals surface area (Å²) in [6, 6.07) is 3.11. The first-order valence-corrected chi connectivity index (χ1v) is 9.39. The number of fused-ring (bicyclic) bond motifs is 1. The van der Waals surface area contributed by atoms with E-state index in [0.29, 0.717) is 28.0 Å². The first kappa shape index (κ1) is 19.2. The summed E-state index contributed by atoms with van der Waals surface area (Å²) in [5, 5.41) is 23.2. The molecule has 0 atom stereocenters. The summed E-state index contributed by atoms with van der Waals surface area (Å²) in [4.78, 5) is 12.6. The third-order valence-electron chi connectivity index (χ3n) is 3.71. The number of phenolic OH excluding ortho intramolecular Hbond substituents is 1. The van der Waals surface area contributed by atoms with Crippen molar-refractivity contribution in [1.82, 2.24) is 14.9 Å². The zero-order valence-corrected chi connectivity index (χ0v) is 16.5. The fraction of sp³-hybridized carbons (Fsp3) is 0.294. The zero-order chi connectivity index (χ0) is 19.6. The number of aromatic nitrogens is 3. The lowest BCUT2D eigenvalue weighted by Gasteiger charge is -2.15. The number of carbonyl (C=O) groups excluding carboxylic acids is 1. The molecule has 0 aliphatic carbocycles. The second-order valence-corrected chi connectivity index (χ2v) is 6.86. The molecule has 1 aliphatic heterocycles. The topological polar surface area (TPSA) is 98.8 Å². The number of methoxy groups -OCH3 is 1. The van der Waals surface area contributed by atoms with Gasteiger partial charge in [0.2, 0.25) is 5.16 Å². The first-order valence-electron chi connectivity index (χ1n) is 8.03. The van der Waals surface area contributed by atoms with Crippen molar-refractivity contribution in [2.24, 2.45) is 5.10 Å². The summed E-state index contributed by atoms with van der Waals surface area (Å²) in [6.07, 6.45) is 1.61. The van der Waals surface area contributed by atoms with Gasteiger partial charge in [-0.3, -0.25) is 0 Å². The minimum absolute atomic E-state index is 0.112. The second-order valence-electron chi connectivity index (χ2n) is 5.51. The lowest BCUT2D eigenvalue weighted by molar-refractivity contribution is -0.137. The summed E-state index contributed by atoms with van der Waals surface area (Å²) in [7, 11) is 1.42. The van der Waals surface area contributed by atoms with Gasteiger partial charge in [-0.05, 0) is 37.6 Å². The average molecular weight is 409 g/mol. The van der Waals surface area contributed by atoms with Crippen molar-refractivity contribution in [1.29, 1.82) is 0 Å². The maximum absolute atomic E-state index is 12.6. The third kappa shape index (κ3) is 3.93. The van der Waals surface area contributed by atoms with Gasteiger partial charge in [-0.1, -0.05) is 23.4 Å². The average Bonchev–Trinajstić information content (AvgIpc) is 3.03. The molecule has 1 aliphatic rings. The van der Waals surface area contributed by atoms with E-state index < -0.39 is 5.97 Å². The minimum atomic E-state index is -0.505. The number of aromatic hydroxyl groups is 1. The molecular weight excluding hydrogens is 392 g/mol. The maximum atomic E-state index is 12.6. The molecule has 0 unspecified atom stereocenters. The number of esters is 1. The molecule has 0 saturated heterocycles. The largest absolute Gasteiger partial charge is 0.503 e. The number of halogens is 1. The van der Waals surface area contributed by atoms with Gasteiger partial charge < -0.3 is 14.6 Å². The van der Waals surface area contributed by atoms with Crippen LogP contribution >= 0.6 is 23.4 Å². The Bertz CT molecular complexity index is 955. The summed E-state index contributed by atoms with van der Waals surface area (Å²) < 4.78 is 11.9. The van der Waals surface area contributed by atoms with E-state index in [0.717, 1.165) is 0 Å².